The number of hydrogen-bond donors (Lipinski definition) is 1. The molecule has 18 heavy (non-hydrogen) atoms. The Balaban J connectivity index is 1.73. The summed E-state index contributed by atoms with van der Waals surface area (Å²) in [5, 5.41) is 3.45. The number of hydrogen-bond acceptors (Lipinski definition) is 3. The van der Waals surface area contributed by atoms with Gasteiger partial charge in [0.05, 0.1) is 13.2 Å². The van der Waals surface area contributed by atoms with Crippen LogP contribution in [0.15, 0.2) is 30.3 Å². The Labute approximate surface area is 109 Å². The zero-order valence-electron chi connectivity index (χ0n) is 10.8. The zero-order valence-corrected chi connectivity index (χ0v) is 10.8. The fourth-order valence-corrected chi connectivity index (χ4v) is 2.87. The van der Waals surface area contributed by atoms with E-state index in [-0.39, 0.29) is 0 Å². The minimum absolute atomic E-state index is 0.689. The Kier molecular flexibility index (Phi) is 3.81. The van der Waals surface area contributed by atoms with E-state index < -0.39 is 0 Å². The van der Waals surface area contributed by atoms with Gasteiger partial charge in [-0.2, -0.15) is 0 Å². The summed E-state index contributed by atoms with van der Waals surface area (Å²) in [5.41, 5.74) is 1.37. The molecule has 0 radical (unpaired) electrons. The molecule has 3 nitrogen and oxygen atoms in total. The van der Waals surface area contributed by atoms with Gasteiger partial charge in [0, 0.05) is 24.2 Å². The quantitative estimate of drug-likeness (QED) is 0.878. The van der Waals surface area contributed by atoms with Crippen molar-refractivity contribution < 1.29 is 4.74 Å². The van der Waals surface area contributed by atoms with Crippen LogP contribution in [0.25, 0.3) is 0 Å². The fraction of sp³-hybridized carbons (Fsp3) is 0.600. The lowest BCUT2D eigenvalue weighted by molar-refractivity contribution is -0.0285. The van der Waals surface area contributed by atoms with Crippen LogP contribution in [-0.2, 0) is 4.74 Å². The minimum Gasteiger partial charge on any atom is -0.381 e. The average molecular weight is 246 g/mol. The van der Waals surface area contributed by atoms with E-state index in [1.165, 1.54) is 18.5 Å². The molecule has 0 aliphatic carbocycles. The molecular formula is C15H22N2O. The summed E-state index contributed by atoms with van der Waals surface area (Å²) < 4.78 is 5.32. The van der Waals surface area contributed by atoms with Gasteiger partial charge in [0.15, 0.2) is 0 Å². The average Bonchev–Trinajstić information content (AvgIpc) is 2.40. The predicted molar refractivity (Wildman–Crippen MR) is 74.0 cm³/mol. The first-order valence-corrected chi connectivity index (χ1v) is 7.03. The van der Waals surface area contributed by atoms with Crippen LogP contribution in [0.3, 0.4) is 0 Å². The van der Waals surface area contributed by atoms with Crippen molar-refractivity contribution in [1.82, 2.24) is 5.32 Å². The van der Waals surface area contributed by atoms with Crippen LogP contribution in [0.2, 0.25) is 0 Å². The van der Waals surface area contributed by atoms with Crippen molar-refractivity contribution in [2.45, 2.75) is 18.9 Å². The van der Waals surface area contributed by atoms with E-state index in [9.17, 15) is 0 Å². The number of nitrogens with zero attached hydrogens (tertiary/aromatic N) is 1. The molecule has 0 spiro atoms. The first-order valence-electron chi connectivity index (χ1n) is 7.03. The number of piperidine rings is 1. The van der Waals surface area contributed by atoms with Crippen molar-refractivity contribution in [1.29, 1.82) is 0 Å². The molecule has 1 N–H and O–H groups in total. The molecule has 1 aromatic rings. The largest absolute Gasteiger partial charge is 0.381 e. The van der Waals surface area contributed by atoms with Crippen molar-refractivity contribution in [2.75, 3.05) is 37.7 Å². The van der Waals surface area contributed by atoms with Gasteiger partial charge in [-0.05, 0) is 38.1 Å². The zero-order chi connectivity index (χ0) is 12.2. The third-order valence-corrected chi connectivity index (χ3v) is 4.00. The Morgan fingerprint density at radius 2 is 1.83 bits per heavy atom. The third kappa shape index (κ3) is 2.68. The van der Waals surface area contributed by atoms with Crippen LogP contribution in [0.4, 0.5) is 5.69 Å². The number of nitrogens with one attached hydrogen (secondary N) is 1. The Bertz CT molecular complexity index is 358. The molecule has 0 unspecified atom stereocenters. The summed E-state index contributed by atoms with van der Waals surface area (Å²) in [4.78, 5) is 2.61. The lowest BCUT2D eigenvalue weighted by Crippen LogP contribution is -2.48. The summed E-state index contributed by atoms with van der Waals surface area (Å²) in [7, 11) is 0. The molecule has 1 aromatic carbocycles. The van der Waals surface area contributed by atoms with Gasteiger partial charge >= 0.3 is 0 Å². The fourth-order valence-electron chi connectivity index (χ4n) is 2.87. The van der Waals surface area contributed by atoms with Gasteiger partial charge in [-0.3, -0.25) is 0 Å². The summed E-state index contributed by atoms with van der Waals surface area (Å²) in [6, 6.07) is 11.5. The van der Waals surface area contributed by atoms with Gasteiger partial charge in [-0.1, -0.05) is 18.2 Å². The number of benzene rings is 1. The van der Waals surface area contributed by atoms with E-state index in [2.05, 4.69) is 40.5 Å². The first-order chi connectivity index (χ1) is 8.93. The van der Waals surface area contributed by atoms with Crippen molar-refractivity contribution in [3.05, 3.63) is 30.3 Å². The van der Waals surface area contributed by atoms with Gasteiger partial charge < -0.3 is 15.0 Å². The van der Waals surface area contributed by atoms with Crippen molar-refractivity contribution in [3.63, 3.8) is 0 Å². The molecule has 2 aliphatic heterocycles. The van der Waals surface area contributed by atoms with E-state index in [0.29, 0.717) is 6.04 Å². The topological polar surface area (TPSA) is 24.5 Å². The van der Waals surface area contributed by atoms with Crippen molar-refractivity contribution >= 4 is 5.69 Å². The third-order valence-electron chi connectivity index (χ3n) is 4.00. The Morgan fingerprint density at radius 1 is 1.11 bits per heavy atom. The van der Waals surface area contributed by atoms with Crippen LogP contribution < -0.4 is 10.2 Å². The lowest BCUT2D eigenvalue weighted by Gasteiger charge is -2.40. The normalized spacial score (nSPS) is 21.6. The molecule has 0 atom stereocenters. The van der Waals surface area contributed by atoms with E-state index in [4.69, 9.17) is 4.74 Å². The number of anilines is 1. The summed E-state index contributed by atoms with van der Waals surface area (Å²) in [6.07, 6.45) is 2.50. The first kappa shape index (κ1) is 12.0. The Morgan fingerprint density at radius 3 is 2.44 bits per heavy atom. The second-order valence-electron chi connectivity index (χ2n) is 5.37. The number of ether oxygens (including phenoxy) is 1. The second kappa shape index (κ2) is 5.72. The number of para-hydroxylation sites is 1. The van der Waals surface area contributed by atoms with Gasteiger partial charge in [-0.25, -0.2) is 0 Å². The maximum Gasteiger partial charge on any atom is 0.0533 e. The molecule has 3 heteroatoms. The highest BCUT2D eigenvalue weighted by molar-refractivity contribution is 5.47. The molecule has 2 saturated heterocycles. The van der Waals surface area contributed by atoms with Crippen LogP contribution in [0.1, 0.15) is 12.8 Å². The maximum atomic E-state index is 5.32. The van der Waals surface area contributed by atoms with Gasteiger partial charge in [-0.15, -0.1) is 0 Å². The van der Waals surface area contributed by atoms with Crippen molar-refractivity contribution in [3.8, 4) is 0 Å². The second-order valence-corrected chi connectivity index (χ2v) is 5.37. The van der Waals surface area contributed by atoms with E-state index in [1.54, 1.807) is 0 Å². The summed E-state index contributed by atoms with van der Waals surface area (Å²) >= 11 is 0. The van der Waals surface area contributed by atoms with Crippen LogP contribution >= 0.6 is 0 Å². The van der Waals surface area contributed by atoms with E-state index in [0.717, 1.165) is 38.8 Å². The van der Waals surface area contributed by atoms with Crippen LogP contribution in [-0.4, -0.2) is 38.9 Å². The molecule has 0 amide bonds. The molecule has 0 aromatic heterocycles. The lowest BCUT2D eigenvalue weighted by atomic mass is 10.00. The van der Waals surface area contributed by atoms with Gasteiger partial charge in [0.25, 0.3) is 0 Å². The molecule has 0 bridgehead atoms. The SMILES string of the molecule is c1ccc(N(CC2COC2)C2CCNCC2)cc1. The monoisotopic (exact) mass is 246 g/mol. The molecular weight excluding hydrogens is 224 g/mol. The molecule has 3 rings (SSSR count). The predicted octanol–water partition coefficient (Wildman–Crippen LogP) is 1.89. The van der Waals surface area contributed by atoms with Gasteiger partial charge in [0.1, 0.15) is 0 Å². The van der Waals surface area contributed by atoms with Gasteiger partial charge in [0.2, 0.25) is 0 Å². The Hall–Kier alpha value is -1.06. The molecule has 98 valence electrons. The summed E-state index contributed by atoms with van der Waals surface area (Å²) in [6.45, 7) is 5.32. The van der Waals surface area contributed by atoms with Crippen LogP contribution in [0, 0.1) is 5.92 Å². The van der Waals surface area contributed by atoms with Crippen LogP contribution in [0.5, 0.6) is 0 Å². The highest BCUT2D eigenvalue weighted by atomic mass is 16.5. The smallest absolute Gasteiger partial charge is 0.0533 e. The van der Waals surface area contributed by atoms with E-state index >= 15 is 0 Å². The highest BCUT2D eigenvalue weighted by Crippen LogP contribution is 2.24. The highest BCUT2D eigenvalue weighted by Gasteiger charge is 2.27. The maximum absolute atomic E-state index is 5.32. The molecule has 0 saturated carbocycles. The van der Waals surface area contributed by atoms with E-state index in [1.807, 2.05) is 0 Å². The minimum atomic E-state index is 0.689. The molecule has 2 fully saturated rings. The van der Waals surface area contributed by atoms with Crippen molar-refractivity contribution in [2.24, 2.45) is 5.92 Å². The molecule has 2 aliphatic rings. The number of rotatable bonds is 4. The standard InChI is InChI=1S/C15H22N2O/c1-2-4-14(5-3-1)17(10-13-11-18-12-13)15-6-8-16-9-7-15/h1-5,13,15-16H,6-12H2. The summed E-state index contributed by atoms with van der Waals surface area (Å²) in [5.74, 6) is 0.722. The molecule has 2 heterocycles.